The van der Waals surface area contributed by atoms with Crippen molar-refractivity contribution in [3.8, 4) is 0 Å². The van der Waals surface area contributed by atoms with Crippen LogP contribution in [0.5, 0.6) is 0 Å². The molecular formula is C20H47Cl2P2Ru+. The summed E-state index contributed by atoms with van der Waals surface area (Å²) in [7, 11) is 9.73. The minimum atomic E-state index is -1.57. The van der Waals surface area contributed by atoms with E-state index in [-0.39, 0.29) is 7.92 Å². The number of halogens is 2. The molecule has 0 aliphatic carbocycles. The Morgan fingerprint density at radius 3 is 1.04 bits per heavy atom. The first kappa shape index (κ1) is 31.4. The van der Waals surface area contributed by atoms with Crippen molar-refractivity contribution in [2.45, 2.75) is 104 Å². The predicted molar refractivity (Wildman–Crippen MR) is 131 cm³/mol. The SMILES string of the molecule is CC(C)[PH+](C(C)C)C(C)C.CC(C)[PH](C)(C)C(C)C.CC=[C]=[Ru]([Cl])[Cl]. The molecule has 0 fully saturated rings. The van der Waals surface area contributed by atoms with E-state index in [1.165, 1.54) is 0 Å². The fourth-order valence-electron chi connectivity index (χ4n) is 2.74. The van der Waals surface area contributed by atoms with Gasteiger partial charge in [-0.1, -0.05) is 0 Å². The topological polar surface area (TPSA) is 0 Å². The van der Waals surface area contributed by atoms with Gasteiger partial charge in [0.25, 0.3) is 0 Å². The van der Waals surface area contributed by atoms with Crippen LogP contribution in [0.1, 0.15) is 76.2 Å². The zero-order chi connectivity index (χ0) is 21.0. The third-order valence-electron chi connectivity index (χ3n) is 5.16. The van der Waals surface area contributed by atoms with Crippen LogP contribution in [-0.4, -0.2) is 45.9 Å². The van der Waals surface area contributed by atoms with Crippen LogP contribution in [0.2, 0.25) is 0 Å². The average molecular weight is 522 g/mol. The van der Waals surface area contributed by atoms with Crippen molar-refractivity contribution in [2.24, 2.45) is 0 Å². The number of allylic oxidation sites excluding steroid dienone is 1. The molecule has 0 heterocycles. The molecule has 0 radical (unpaired) electrons. The Morgan fingerprint density at radius 2 is 1.04 bits per heavy atom. The van der Waals surface area contributed by atoms with E-state index in [1.807, 2.05) is 6.92 Å². The molecule has 25 heavy (non-hydrogen) atoms. The summed E-state index contributed by atoms with van der Waals surface area (Å²) in [5, 5.41) is 0. The van der Waals surface area contributed by atoms with Gasteiger partial charge in [0.1, 0.15) is 0 Å². The molecule has 0 amide bonds. The average Bonchev–Trinajstić information content (AvgIpc) is 2.37. The molecule has 0 nitrogen and oxygen atoms in total. The molecule has 0 spiro atoms. The zero-order valence-electron chi connectivity index (χ0n) is 19.1. The fourth-order valence-corrected chi connectivity index (χ4v) is 9.37. The van der Waals surface area contributed by atoms with E-state index in [0.717, 1.165) is 28.3 Å². The molecule has 5 heteroatoms. The van der Waals surface area contributed by atoms with Gasteiger partial charge in [0.2, 0.25) is 0 Å². The summed E-state index contributed by atoms with van der Waals surface area (Å²) in [6.07, 6.45) is 1.75. The van der Waals surface area contributed by atoms with Gasteiger partial charge in [-0.05, 0) is 41.5 Å². The Hall–Kier alpha value is 1.71. The van der Waals surface area contributed by atoms with Crippen LogP contribution in [0.3, 0.4) is 0 Å². The van der Waals surface area contributed by atoms with Crippen molar-refractivity contribution in [3.63, 3.8) is 0 Å². The quantitative estimate of drug-likeness (QED) is 0.253. The maximum absolute atomic E-state index is 5.34. The second-order valence-corrected chi connectivity index (χ2v) is 24.5. The van der Waals surface area contributed by atoms with Crippen LogP contribution in [-0.2, 0) is 13.5 Å². The summed E-state index contributed by atoms with van der Waals surface area (Å²) in [5.41, 5.74) is 4.66. The van der Waals surface area contributed by atoms with Gasteiger partial charge in [-0.2, -0.15) is 0 Å². The Morgan fingerprint density at radius 1 is 0.760 bits per heavy atom. The van der Waals surface area contributed by atoms with Gasteiger partial charge in [0, 0.05) is 7.92 Å². The van der Waals surface area contributed by atoms with Crippen LogP contribution in [0.25, 0.3) is 0 Å². The second-order valence-electron chi connectivity index (χ2n) is 8.67. The van der Waals surface area contributed by atoms with Crippen LogP contribution < -0.4 is 0 Å². The van der Waals surface area contributed by atoms with Crippen molar-refractivity contribution in [3.05, 3.63) is 6.08 Å². The van der Waals surface area contributed by atoms with Crippen LogP contribution >= 0.6 is 34.6 Å². The molecule has 0 N–H and O–H groups in total. The molecule has 0 aromatic rings. The zero-order valence-corrected chi connectivity index (χ0v) is 24.3. The van der Waals surface area contributed by atoms with Gasteiger partial charge in [-0.25, -0.2) is 0 Å². The molecule has 0 aromatic carbocycles. The van der Waals surface area contributed by atoms with Crippen molar-refractivity contribution in [1.82, 2.24) is 0 Å². The molecule has 0 aromatic heterocycles. The molecule has 0 unspecified atom stereocenters. The van der Waals surface area contributed by atoms with Crippen molar-refractivity contribution in [1.29, 1.82) is 0 Å². The van der Waals surface area contributed by atoms with Crippen LogP contribution in [0.15, 0.2) is 6.08 Å². The first-order chi connectivity index (χ1) is 11.1. The molecule has 0 bridgehead atoms. The maximum atomic E-state index is 5.34. The molecule has 0 atom stereocenters. The Kier molecular flexibility index (Phi) is 20.9. The van der Waals surface area contributed by atoms with Gasteiger partial charge in [-0.3, -0.25) is 0 Å². The number of hydrogen-bond donors (Lipinski definition) is 0. The molecular weight excluding hydrogens is 474 g/mol. The number of hydrogen-bond acceptors (Lipinski definition) is 0. The van der Waals surface area contributed by atoms with E-state index in [2.05, 4.69) is 86.8 Å². The summed E-state index contributed by atoms with van der Waals surface area (Å²) >= 11 is -1.57. The van der Waals surface area contributed by atoms with Gasteiger partial charge in [0.15, 0.2) is 0 Å². The Labute approximate surface area is 175 Å². The minimum absolute atomic E-state index is 0.0957. The van der Waals surface area contributed by atoms with Crippen molar-refractivity contribution >= 4 is 38.8 Å². The molecule has 0 aliphatic heterocycles. The summed E-state index contributed by atoms with van der Waals surface area (Å²) in [6, 6.07) is 0. The molecule has 158 valence electrons. The summed E-state index contributed by atoms with van der Waals surface area (Å²) in [6.45, 7) is 30.4. The van der Waals surface area contributed by atoms with E-state index in [4.69, 9.17) is 19.4 Å². The van der Waals surface area contributed by atoms with Crippen molar-refractivity contribution in [2.75, 3.05) is 13.3 Å². The van der Waals surface area contributed by atoms with E-state index in [0.29, 0.717) is 0 Å². The van der Waals surface area contributed by atoms with Crippen LogP contribution in [0.4, 0.5) is 0 Å². The Balaban J connectivity index is -0.000000300. The first-order valence-electron chi connectivity index (χ1n) is 9.53. The van der Waals surface area contributed by atoms with Gasteiger partial charge < -0.3 is 0 Å². The first-order valence-corrected chi connectivity index (χ1v) is 19.8. The monoisotopic (exact) mass is 521 g/mol. The summed E-state index contributed by atoms with van der Waals surface area (Å²) < 4.78 is 2.76. The summed E-state index contributed by atoms with van der Waals surface area (Å²) in [4.78, 5) is 0. The van der Waals surface area contributed by atoms with Gasteiger partial charge in [-0.15, -0.1) is 0 Å². The Bertz CT molecular complexity index is 350. The summed E-state index contributed by atoms with van der Waals surface area (Å²) in [5.74, 6) is 0. The normalized spacial score (nSPS) is 12.8. The molecule has 0 aliphatic rings. The molecule has 0 rings (SSSR count). The third kappa shape index (κ3) is 17.5. The fraction of sp³-hybridized carbons (Fsp3) is 0.900. The second kappa shape index (κ2) is 16.6. The predicted octanol–water partition coefficient (Wildman–Crippen LogP) is 8.13. The molecule has 0 saturated carbocycles. The van der Waals surface area contributed by atoms with E-state index in [9.17, 15) is 0 Å². The van der Waals surface area contributed by atoms with Gasteiger partial charge in [0.05, 0.1) is 17.0 Å². The third-order valence-corrected chi connectivity index (χ3v) is 16.9. The molecule has 0 saturated heterocycles. The number of rotatable bonds is 5. The van der Waals surface area contributed by atoms with E-state index in [1.54, 1.807) is 6.08 Å². The van der Waals surface area contributed by atoms with Gasteiger partial charge >= 0.3 is 110 Å². The standard InChI is InChI=1S/C9H21P.C8H21P.C3H4.2ClH.Ru/c1-7(2)10(8(3)4)9(5)6;1-7(2)9(5,6)8(3)4;1-3-2;;;/h7-9H,1-6H3;7-9H,1-6H3;3H,1H3;2*1H;/q;;;;;+2/p-1. The van der Waals surface area contributed by atoms with E-state index >= 15 is 0 Å². The van der Waals surface area contributed by atoms with E-state index < -0.39 is 20.8 Å². The van der Waals surface area contributed by atoms with Crippen molar-refractivity contribution < 1.29 is 13.5 Å². The van der Waals surface area contributed by atoms with Crippen LogP contribution in [0, 0.1) is 0 Å².